The smallest absolute Gasteiger partial charge is 0.274 e. The molecule has 1 N–H and O–H groups in total. The van der Waals surface area contributed by atoms with Crippen LogP contribution in [0.25, 0.3) is 0 Å². The summed E-state index contributed by atoms with van der Waals surface area (Å²) in [5, 5.41) is 2.98. The number of carbonyl (C=O) groups excluding carboxylic acids is 1. The number of aryl methyl sites for hydroxylation is 2. The highest BCUT2D eigenvalue weighted by atomic mass is 16.1. The topological polar surface area (TPSA) is 58.1 Å². The molecule has 0 fully saturated rings. The molecule has 138 valence electrons. The van der Waals surface area contributed by atoms with Crippen LogP contribution in [0.4, 0.5) is 11.5 Å². The maximum absolute atomic E-state index is 12.7. The summed E-state index contributed by atoms with van der Waals surface area (Å²) in [6, 6.07) is 17.9. The molecule has 0 saturated heterocycles. The van der Waals surface area contributed by atoms with E-state index in [2.05, 4.69) is 39.2 Å². The maximum Gasteiger partial charge on any atom is 0.274 e. The highest BCUT2D eigenvalue weighted by Crippen LogP contribution is 2.21. The number of carbonyl (C=O) groups is 1. The maximum atomic E-state index is 12.7. The summed E-state index contributed by atoms with van der Waals surface area (Å²) in [4.78, 5) is 23.4. The molecule has 3 aromatic rings. The molecule has 0 bridgehead atoms. The van der Waals surface area contributed by atoms with E-state index >= 15 is 0 Å². The molecule has 1 amide bonds. The Hall–Kier alpha value is -3.21. The van der Waals surface area contributed by atoms with Gasteiger partial charge >= 0.3 is 0 Å². The molecule has 5 heteroatoms. The third-order valence-corrected chi connectivity index (χ3v) is 4.53. The number of hydrogen-bond donors (Lipinski definition) is 1. The molecule has 2 aromatic carbocycles. The van der Waals surface area contributed by atoms with Gasteiger partial charge in [-0.1, -0.05) is 48.5 Å². The summed E-state index contributed by atoms with van der Waals surface area (Å²) in [5.74, 6) is 0.509. The molecule has 0 spiro atoms. The Morgan fingerprint density at radius 3 is 2.37 bits per heavy atom. The lowest BCUT2D eigenvalue weighted by Crippen LogP contribution is -2.24. The Kier molecular flexibility index (Phi) is 5.81. The van der Waals surface area contributed by atoms with Crippen LogP contribution < -0.4 is 10.2 Å². The molecular weight excluding hydrogens is 336 g/mol. The third kappa shape index (κ3) is 4.50. The highest BCUT2D eigenvalue weighted by Gasteiger charge is 2.14. The van der Waals surface area contributed by atoms with Crippen molar-refractivity contribution < 1.29 is 4.79 Å². The van der Waals surface area contributed by atoms with Gasteiger partial charge in [0.2, 0.25) is 0 Å². The van der Waals surface area contributed by atoms with Crippen LogP contribution in [0.3, 0.4) is 0 Å². The molecule has 1 heterocycles. The van der Waals surface area contributed by atoms with Crippen molar-refractivity contribution in [2.45, 2.75) is 27.3 Å². The molecule has 0 unspecified atom stereocenters. The fourth-order valence-corrected chi connectivity index (χ4v) is 2.99. The summed E-state index contributed by atoms with van der Waals surface area (Å²) < 4.78 is 0. The minimum absolute atomic E-state index is 0.230. The predicted octanol–water partition coefficient (Wildman–Crippen LogP) is 4.37. The molecular formula is C22H24N4O. The molecule has 0 aliphatic rings. The van der Waals surface area contributed by atoms with Gasteiger partial charge in [0.25, 0.3) is 5.91 Å². The van der Waals surface area contributed by atoms with E-state index in [9.17, 15) is 4.79 Å². The lowest BCUT2D eigenvalue weighted by atomic mass is 10.1. The number of nitrogens with one attached hydrogen (secondary N) is 1. The van der Waals surface area contributed by atoms with Crippen LogP contribution >= 0.6 is 0 Å². The SMILES string of the molecule is CCN(Cc1ccccc1)c1cc(C(=O)Nc2c(C)cccc2C)ncn1. The number of rotatable bonds is 6. The number of nitrogens with zero attached hydrogens (tertiary/aromatic N) is 3. The Morgan fingerprint density at radius 2 is 1.70 bits per heavy atom. The standard InChI is InChI=1S/C22H24N4O/c1-4-26(14-18-11-6-5-7-12-18)20-13-19(23-15-24-20)22(27)25-21-16(2)9-8-10-17(21)3/h5-13,15H,4,14H2,1-3H3,(H,25,27). The molecule has 5 nitrogen and oxygen atoms in total. The van der Waals surface area contributed by atoms with Crippen LogP contribution in [0.1, 0.15) is 34.1 Å². The predicted molar refractivity (Wildman–Crippen MR) is 109 cm³/mol. The summed E-state index contributed by atoms with van der Waals surface area (Å²) >= 11 is 0. The van der Waals surface area contributed by atoms with Crippen LogP contribution in [-0.4, -0.2) is 22.4 Å². The molecule has 0 aliphatic carbocycles. The van der Waals surface area contributed by atoms with Gasteiger partial charge in [0.1, 0.15) is 17.8 Å². The number of anilines is 2. The van der Waals surface area contributed by atoms with E-state index in [1.165, 1.54) is 11.9 Å². The number of hydrogen-bond acceptors (Lipinski definition) is 4. The first kappa shape index (κ1) is 18.6. The third-order valence-electron chi connectivity index (χ3n) is 4.53. The summed E-state index contributed by atoms with van der Waals surface area (Å²) in [5.41, 5.74) is 4.43. The Bertz CT molecular complexity index is 904. The van der Waals surface area contributed by atoms with Gasteiger partial charge in [-0.3, -0.25) is 4.79 Å². The molecule has 3 rings (SSSR count). The second kappa shape index (κ2) is 8.45. The largest absolute Gasteiger partial charge is 0.352 e. The quantitative estimate of drug-likeness (QED) is 0.709. The van der Waals surface area contributed by atoms with Crippen molar-refractivity contribution in [1.29, 1.82) is 0 Å². The normalized spacial score (nSPS) is 10.5. The Balaban J connectivity index is 1.80. The van der Waals surface area contributed by atoms with E-state index in [-0.39, 0.29) is 5.91 Å². The zero-order valence-electron chi connectivity index (χ0n) is 15.9. The van der Waals surface area contributed by atoms with E-state index in [0.29, 0.717) is 5.69 Å². The van der Waals surface area contributed by atoms with E-state index < -0.39 is 0 Å². The van der Waals surface area contributed by atoms with Crippen molar-refractivity contribution >= 4 is 17.4 Å². The molecule has 0 atom stereocenters. The van der Waals surface area contributed by atoms with Crippen LogP contribution in [0.5, 0.6) is 0 Å². The first-order valence-electron chi connectivity index (χ1n) is 9.07. The van der Waals surface area contributed by atoms with Crippen molar-refractivity contribution in [3.05, 3.63) is 83.3 Å². The summed E-state index contributed by atoms with van der Waals surface area (Å²) in [6.07, 6.45) is 1.45. The summed E-state index contributed by atoms with van der Waals surface area (Å²) in [7, 11) is 0. The number of benzene rings is 2. The van der Waals surface area contributed by atoms with Gasteiger partial charge < -0.3 is 10.2 Å². The zero-order valence-corrected chi connectivity index (χ0v) is 15.9. The second-order valence-corrected chi connectivity index (χ2v) is 6.48. The van der Waals surface area contributed by atoms with Gasteiger partial charge in [-0.25, -0.2) is 9.97 Å². The fourth-order valence-electron chi connectivity index (χ4n) is 2.99. The molecule has 0 aliphatic heterocycles. The minimum atomic E-state index is -0.230. The van der Waals surface area contributed by atoms with Gasteiger partial charge in [-0.15, -0.1) is 0 Å². The van der Waals surface area contributed by atoms with Crippen molar-refractivity contribution in [2.24, 2.45) is 0 Å². The monoisotopic (exact) mass is 360 g/mol. The Morgan fingerprint density at radius 1 is 1.00 bits per heavy atom. The highest BCUT2D eigenvalue weighted by molar-refractivity contribution is 6.04. The van der Waals surface area contributed by atoms with Crippen LogP contribution in [0, 0.1) is 13.8 Å². The second-order valence-electron chi connectivity index (χ2n) is 6.48. The van der Waals surface area contributed by atoms with E-state index in [1.54, 1.807) is 6.07 Å². The van der Waals surface area contributed by atoms with Gasteiger partial charge in [0, 0.05) is 24.8 Å². The molecule has 0 radical (unpaired) electrons. The summed E-state index contributed by atoms with van der Waals surface area (Å²) in [6.45, 7) is 7.54. The van der Waals surface area contributed by atoms with Crippen LogP contribution in [0.2, 0.25) is 0 Å². The van der Waals surface area contributed by atoms with Gasteiger partial charge in [0.15, 0.2) is 0 Å². The first-order chi connectivity index (χ1) is 13.1. The average molecular weight is 360 g/mol. The van der Waals surface area contributed by atoms with Gasteiger partial charge in [0.05, 0.1) is 0 Å². The fraction of sp³-hybridized carbons (Fsp3) is 0.227. The van der Waals surface area contributed by atoms with Gasteiger partial charge in [-0.05, 0) is 37.5 Å². The molecule has 0 saturated carbocycles. The van der Waals surface area contributed by atoms with Crippen LogP contribution in [-0.2, 0) is 6.54 Å². The number of aromatic nitrogens is 2. The van der Waals surface area contributed by atoms with E-state index in [0.717, 1.165) is 35.7 Å². The number of para-hydroxylation sites is 1. The molecule has 27 heavy (non-hydrogen) atoms. The number of amides is 1. The average Bonchev–Trinajstić information content (AvgIpc) is 2.70. The van der Waals surface area contributed by atoms with Crippen molar-refractivity contribution in [3.8, 4) is 0 Å². The lowest BCUT2D eigenvalue weighted by molar-refractivity contribution is 0.102. The van der Waals surface area contributed by atoms with E-state index in [4.69, 9.17) is 0 Å². The van der Waals surface area contributed by atoms with E-state index in [1.807, 2.05) is 50.2 Å². The van der Waals surface area contributed by atoms with Crippen molar-refractivity contribution in [1.82, 2.24) is 9.97 Å². The minimum Gasteiger partial charge on any atom is -0.352 e. The molecule has 1 aromatic heterocycles. The lowest BCUT2D eigenvalue weighted by Gasteiger charge is -2.22. The zero-order chi connectivity index (χ0) is 19.2. The first-order valence-corrected chi connectivity index (χ1v) is 9.07. The Labute approximate surface area is 160 Å². The van der Waals surface area contributed by atoms with Crippen molar-refractivity contribution in [2.75, 3.05) is 16.8 Å². The van der Waals surface area contributed by atoms with Crippen molar-refractivity contribution in [3.63, 3.8) is 0 Å². The van der Waals surface area contributed by atoms with Gasteiger partial charge in [-0.2, -0.15) is 0 Å². The van der Waals surface area contributed by atoms with Crippen LogP contribution in [0.15, 0.2) is 60.9 Å².